The molecule has 7 heteroatoms. The van der Waals surface area contributed by atoms with E-state index in [1.54, 1.807) is 0 Å². The number of fused-ring (bicyclic) bond motifs is 1. The summed E-state index contributed by atoms with van der Waals surface area (Å²) in [4.78, 5) is 36.0. The summed E-state index contributed by atoms with van der Waals surface area (Å²) < 4.78 is 10.2. The minimum atomic E-state index is -1.51. The topological polar surface area (TPSA) is 96.0 Å². The van der Waals surface area contributed by atoms with E-state index in [0.29, 0.717) is 4.90 Å². The van der Waals surface area contributed by atoms with Crippen LogP contribution in [0.1, 0.15) is 27.6 Å². The number of aliphatic carboxylic acids is 1. The number of carboxylic acids is 1. The second kappa shape index (κ2) is 4.84. The number of nitrogens with zero attached hydrogens (tertiary/aromatic N) is 1. The van der Waals surface area contributed by atoms with Crippen LogP contribution in [0, 0.1) is 0 Å². The van der Waals surface area contributed by atoms with Gasteiger partial charge in [0, 0.05) is 0 Å². The Hall–Kier alpha value is -2.57. The highest BCUT2D eigenvalue weighted by Gasteiger charge is 2.42. The minimum Gasteiger partial charge on any atom is -0.548 e. The molecule has 0 unspecified atom stereocenters. The van der Waals surface area contributed by atoms with Crippen molar-refractivity contribution >= 4 is 17.8 Å². The van der Waals surface area contributed by atoms with Crippen molar-refractivity contribution in [3.63, 3.8) is 0 Å². The number of hydrogen-bond donors (Lipinski definition) is 0. The van der Waals surface area contributed by atoms with Crippen molar-refractivity contribution in [1.82, 2.24) is 4.90 Å². The van der Waals surface area contributed by atoms with Gasteiger partial charge in [0.2, 0.25) is 0 Å². The van der Waals surface area contributed by atoms with Gasteiger partial charge in [-0.15, -0.1) is 0 Å². The lowest BCUT2D eigenvalue weighted by Gasteiger charge is -2.22. The second-order valence-electron chi connectivity index (χ2n) is 4.20. The smallest absolute Gasteiger partial charge is 0.266 e. The van der Waals surface area contributed by atoms with Crippen molar-refractivity contribution in [2.75, 3.05) is 14.2 Å². The average molecular weight is 278 g/mol. The molecule has 20 heavy (non-hydrogen) atoms. The first-order valence-corrected chi connectivity index (χ1v) is 5.77. The molecule has 1 heterocycles. The van der Waals surface area contributed by atoms with Crippen molar-refractivity contribution in [2.45, 2.75) is 13.0 Å². The Kier molecular flexibility index (Phi) is 3.35. The van der Waals surface area contributed by atoms with Crippen molar-refractivity contribution < 1.29 is 29.0 Å². The summed E-state index contributed by atoms with van der Waals surface area (Å²) in [5.41, 5.74) is 0.0886. The van der Waals surface area contributed by atoms with Crippen LogP contribution in [0.3, 0.4) is 0 Å². The Morgan fingerprint density at radius 3 is 2.35 bits per heavy atom. The lowest BCUT2D eigenvalue weighted by atomic mass is 10.1. The lowest BCUT2D eigenvalue weighted by Crippen LogP contribution is -2.48. The predicted octanol–water partition coefficient (Wildman–Crippen LogP) is -0.562. The van der Waals surface area contributed by atoms with Gasteiger partial charge >= 0.3 is 0 Å². The van der Waals surface area contributed by atoms with E-state index in [4.69, 9.17) is 9.47 Å². The summed E-state index contributed by atoms with van der Waals surface area (Å²) in [6.45, 7) is 1.21. The van der Waals surface area contributed by atoms with E-state index in [-0.39, 0.29) is 22.6 Å². The standard InChI is InChI=1S/C13H13NO6/c1-6(13(17)18)14-11(15)7-4-5-8(19-2)10(20-3)9(7)12(14)16/h4-6H,1-3H3,(H,17,18)/p-1/t6-/m1/s1. The number of carbonyl (C=O) groups is 3. The Morgan fingerprint density at radius 2 is 1.85 bits per heavy atom. The second-order valence-corrected chi connectivity index (χ2v) is 4.20. The molecule has 0 N–H and O–H groups in total. The normalized spacial score (nSPS) is 15.1. The van der Waals surface area contributed by atoms with Gasteiger partial charge in [-0.05, 0) is 19.1 Å². The number of rotatable bonds is 4. The van der Waals surface area contributed by atoms with Gasteiger partial charge in [-0.25, -0.2) is 0 Å². The third-order valence-corrected chi connectivity index (χ3v) is 3.16. The van der Waals surface area contributed by atoms with Gasteiger partial charge in [0.05, 0.1) is 37.4 Å². The lowest BCUT2D eigenvalue weighted by molar-refractivity contribution is -0.309. The Morgan fingerprint density at radius 1 is 1.20 bits per heavy atom. The monoisotopic (exact) mass is 278 g/mol. The van der Waals surface area contributed by atoms with Gasteiger partial charge in [-0.1, -0.05) is 0 Å². The SMILES string of the molecule is COc1ccc2c(c1OC)C(=O)N([C@H](C)C(=O)[O-])C2=O. The zero-order chi connectivity index (χ0) is 15.0. The number of carboxylic acid groups (broad SMARTS) is 1. The van der Waals surface area contributed by atoms with Gasteiger partial charge in [-0.3, -0.25) is 14.5 Å². The molecule has 1 atom stereocenters. The minimum absolute atomic E-state index is 0.00458. The fraction of sp³-hybridized carbons (Fsp3) is 0.308. The summed E-state index contributed by atoms with van der Waals surface area (Å²) in [6.07, 6.45) is 0. The highest BCUT2D eigenvalue weighted by molar-refractivity contribution is 6.24. The maximum Gasteiger partial charge on any atom is 0.266 e. The molecule has 2 rings (SSSR count). The molecule has 1 aliphatic heterocycles. The fourth-order valence-corrected chi connectivity index (χ4v) is 2.12. The molecule has 0 spiro atoms. The van der Waals surface area contributed by atoms with E-state index in [9.17, 15) is 19.5 Å². The van der Waals surface area contributed by atoms with E-state index in [0.717, 1.165) is 0 Å². The van der Waals surface area contributed by atoms with Gasteiger partial charge in [0.15, 0.2) is 11.5 Å². The van der Waals surface area contributed by atoms with Crippen molar-refractivity contribution in [2.24, 2.45) is 0 Å². The number of hydrogen-bond acceptors (Lipinski definition) is 6. The summed E-state index contributed by atoms with van der Waals surface area (Å²) in [5.74, 6) is -2.54. The summed E-state index contributed by atoms with van der Waals surface area (Å²) in [5, 5.41) is 10.9. The van der Waals surface area contributed by atoms with Gasteiger partial charge in [0.1, 0.15) is 0 Å². The quantitative estimate of drug-likeness (QED) is 0.685. The summed E-state index contributed by atoms with van der Waals surface area (Å²) in [6, 6.07) is 1.52. The molecule has 0 fully saturated rings. The van der Waals surface area contributed by atoms with Gasteiger partial charge in [-0.2, -0.15) is 0 Å². The zero-order valence-electron chi connectivity index (χ0n) is 11.1. The molecule has 0 radical (unpaired) electrons. The van der Waals surface area contributed by atoms with E-state index < -0.39 is 23.8 Å². The molecule has 2 amide bonds. The van der Waals surface area contributed by atoms with Crippen molar-refractivity contribution in [3.8, 4) is 11.5 Å². The molecule has 0 aromatic heterocycles. The molecule has 0 bridgehead atoms. The highest BCUT2D eigenvalue weighted by atomic mass is 16.5. The van der Waals surface area contributed by atoms with Crippen LogP contribution in [0.5, 0.6) is 11.5 Å². The number of carbonyl (C=O) groups excluding carboxylic acids is 3. The predicted molar refractivity (Wildman–Crippen MR) is 64.5 cm³/mol. The number of amides is 2. The van der Waals surface area contributed by atoms with Crippen LogP contribution in [-0.2, 0) is 4.79 Å². The maximum absolute atomic E-state index is 12.3. The molecule has 0 saturated carbocycles. The number of methoxy groups -OCH3 is 2. The first kappa shape index (κ1) is 13.9. The zero-order valence-corrected chi connectivity index (χ0v) is 11.1. The fourth-order valence-electron chi connectivity index (χ4n) is 2.12. The van der Waals surface area contributed by atoms with Gasteiger partial charge < -0.3 is 19.4 Å². The molecule has 1 aromatic carbocycles. The van der Waals surface area contributed by atoms with E-state index in [1.165, 1.54) is 33.3 Å². The largest absolute Gasteiger partial charge is 0.548 e. The Labute approximate surface area is 114 Å². The first-order valence-electron chi connectivity index (χ1n) is 5.77. The highest BCUT2D eigenvalue weighted by Crippen LogP contribution is 2.38. The van der Waals surface area contributed by atoms with E-state index in [1.807, 2.05) is 0 Å². The molecule has 1 aromatic rings. The van der Waals surface area contributed by atoms with Crippen LogP contribution in [0.25, 0.3) is 0 Å². The molecule has 106 valence electrons. The van der Waals surface area contributed by atoms with Crippen molar-refractivity contribution in [3.05, 3.63) is 23.3 Å². The summed E-state index contributed by atoms with van der Waals surface area (Å²) in [7, 11) is 2.73. The average Bonchev–Trinajstić information content (AvgIpc) is 2.68. The van der Waals surface area contributed by atoms with E-state index >= 15 is 0 Å². The molecular formula is C13H12NO6-. The third kappa shape index (κ3) is 1.78. The van der Waals surface area contributed by atoms with Crippen LogP contribution in [0.2, 0.25) is 0 Å². The van der Waals surface area contributed by atoms with Crippen LogP contribution in [-0.4, -0.2) is 42.9 Å². The van der Waals surface area contributed by atoms with Crippen LogP contribution < -0.4 is 14.6 Å². The van der Waals surface area contributed by atoms with Gasteiger partial charge in [0.25, 0.3) is 11.8 Å². The maximum atomic E-state index is 12.3. The third-order valence-electron chi connectivity index (χ3n) is 3.16. The van der Waals surface area contributed by atoms with E-state index in [2.05, 4.69) is 0 Å². The Balaban J connectivity index is 2.60. The molecule has 0 aliphatic carbocycles. The number of imide groups is 1. The van der Waals surface area contributed by atoms with Crippen LogP contribution >= 0.6 is 0 Å². The molecular weight excluding hydrogens is 266 g/mol. The van der Waals surface area contributed by atoms with Crippen molar-refractivity contribution in [1.29, 1.82) is 0 Å². The van der Waals surface area contributed by atoms with Crippen LogP contribution in [0.4, 0.5) is 0 Å². The molecule has 1 aliphatic rings. The Bertz CT molecular complexity index is 609. The van der Waals surface area contributed by atoms with Crippen LogP contribution in [0.15, 0.2) is 12.1 Å². The molecule has 0 saturated heterocycles. The molecule has 7 nitrogen and oxygen atoms in total. The number of benzene rings is 1. The number of ether oxygens (including phenoxy) is 2. The summed E-state index contributed by atoms with van der Waals surface area (Å²) >= 11 is 0. The first-order chi connectivity index (χ1) is 9.43.